The predicted octanol–water partition coefficient (Wildman–Crippen LogP) is 2.37. The molecule has 0 fully saturated rings. The smallest absolute Gasteiger partial charge is 0.418 e. The highest BCUT2D eigenvalue weighted by atomic mass is 19.4. The fourth-order valence-corrected chi connectivity index (χ4v) is 1.10. The number of halogens is 3. The van der Waals surface area contributed by atoms with Gasteiger partial charge in [-0.2, -0.15) is 13.2 Å². The molecule has 88 valence electrons. The van der Waals surface area contributed by atoms with Gasteiger partial charge in [0.2, 0.25) is 0 Å². The van der Waals surface area contributed by atoms with Crippen LogP contribution in [-0.4, -0.2) is 22.5 Å². The zero-order valence-corrected chi connectivity index (χ0v) is 7.82. The number of hydrogen-bond acceptors (Lipinski definition) is 2. The number of carboxylic acid groups (broad SMARTS) is 1. The van der Waals surface area contributed by atoms with E-state index in [0.717, 1.165) is 12.1 Å². The monoisotopic (exact) mass is 235 g/mol. The van der Waals surface area contributed by atoms with Gasteiger partial charge in [-0.15, -0.1) is 0 Å². The molecule has 0 heterocycles. The van der Waals surface area contributed by atoms with E-state index >= 15 is 0 Å². The van der Waals surface area contributed by atoms with Crippen molar-refractivity contribution in [2.24, 2.45) is 0 Å². The molecule has 0 aliphatic heterocycles. The number of anilines is 1. The lowest BCUT2D eigenvalue weighted by molar-refractivity contribution is -0.206. The van der Waals surface area contributed by atoms with E-state index in [0.29, 0.717) is 0 Å². The van der Waals surface area contributed by atoms with Crippen molar-refractivity contribution in [3.8, 4) is 0 Å². The Morgan fingerprint density at radius 1 is 1.38 bits per heavy atom. The number of benzene rings is 1. The number of carbonyl (C=O) groups is 1. The van der Waals surface area contributed by atoms with Crippen molar-refractivity contribution < 1.29 is 28.2 Å². The van der Waals surface area contributed by atoms with Gasteiger partial charge in [-0.05, 0) is 17.7 Å². The van der Waals surface area contributed by atoms with Crippen molar-refractivity contribution in [3.05, 3.63) is 29.8 Å². The van der Waals surface area contributed by atoms with Gasteiger partial charge in [0.1, 0.15) is 0 Å². The summed E-state index contributed by atoms with van der Waals surface area (Å²) in [6, 6.07) is 4.48. The number of amides is 1. The molecule has 1 aromatic carbocycles. The standard InChI is InChI=1S/C9H8F3NO3/c10-9(11,12)7(14)5-2-1-3-6(4-5)13-8(15)16/h1-4,7,13-14H,(H,15,16). The molecular weight excluding hydrogens is 227 g/mol. The second-order valence-electron chi connectivity index (χ2n) is 3.00. The second-order valence-corrected chi connectivity index (χ2v) is 3.00. The molecule has 0 spiro atoms. The third-order valence-electron chi connectivity index (χ3n) is 1.76. The van der Waals surface area contributed by atoms with E-state index in [2.05, 4.69) is 0 Å². The molecule has 0 aliphatic carbocycles. The Labute approximate surface area is 88.3 Å². The molecule has 0 aromatic heterocycles. The maximum absolute atomic E-state index is 12.1. The van der Waals surface area contributed by atoms with E-state index in [9.17, 15) is 18.0 Å². The molecule has 1 rings (SSSR count). The number of aliphatic hydroxyl groups is 1. The van der Waals surface area contributed by atoms with Gasteiger partial charge >= 0.3 is 12.3 Å². The lowest BCUT2D eigenvalue weighted by atomic mass is 10.1. The Balaban J connectivity index is 2.94. The first-order valence-corrected chi connectivity index (χ1v) is 4.15. The highest BCUT2D eigenvalue weighted by Gasteiger charge is 2.39. The zero-order valence-electron chi connectivity index (χ0n) is 7.82. The molecule has 1 unspecified atom stereocenters. The van der Waals surface area contributed by atoms with Crippen LogP contribution in [-0.2, 0) is 0 Å². The Morgan fingerprint density at radius 2 is 2.00 bits per heavy atom. The van der Waals surface area contributed by atoms with Gasteiger partial charge in [-0.25, -0.2) is 4.79 Å². The Hall–Kier alpha value is -1.76. The average Bonchev–Trinajstić information content (AvgIpc) is 2.14. The summed E-state index contributed by atoms with van der Waals surface area (Å²) in [7, 11) is 0. The van der Waals surface area contributed by atoms with Crippen molar-refractivity contribution in [2.75, 3.05) is 5.32 Å². The summed E-state index contributed by atoms with van der Waals surface area (Å²) in [5.74, 6) is 0. The molecule has 0 radical (unpaired) electrons. The van der Waals surface area contributed by atoms with E-state index < -0.39 is 23.9 Å². The third-order valence-corrected chi connectivity index (χ3v) is 1.76. The Kier molecular flexibility index (Phi) is 3.38. The summed E-state index contributed by atoms with van der Waals surface area (Å²) in [5.41, 5.74) is -0.452. The minimum atomic E-state index is -4.78. The largest absolute Gasteiger partial charge is 0.465 e. The van der Waals surface area contributed by atoms with Crippen LogP contribution in [0.5, 0.6) is 0 Å². The topological polar surface area (TPSA) is 69.6 Å². The van der Waals surface area contributed by atoms with E-state index in [1.54, 1.807) is 0 Å². The predicted molar refractivity (Wildman–Crippen MR) is 49.1 cm³/mol. The number of aliphatic hydroxyl groups excluding tert-OH is 1. The summed E-state index contributed by atoms with van der Waals surface area (Å²) < 4.78 is 36.4. The molecule has 4 nitrogen and oxygen atoms in total. The number of alkyl halides is 3. The molecule has 7 heteroatoms. The van der Waals surface area contributed by atoms with Crippen molar-refractivity contribution in [1.82, 2.24) is 0 Å². The third kappa shape index (κ3) is 3.13. The Morgan fingerprint density at radius 3 is 2.50 bits per heavy atom. The summed E-state index contributed by atoms with van der Waals surface area (Å²) in [6.07, 6.45) is -8.79. The number of rotatable bonds is 2. The van der Waals surface area contributed by atoms with E-state index in [-0.39, 0.29) is 5.69 Å². The van der Waals surface area contributed by atoms with E-state index in [4.69, 9.17) is 10.2 Å². The quantitative estimate of drug-likeness (QED) is 0.737. The fraction of sp³-hybridized carbons (Fsp3) is 0.222. The van der Waals surface area contributed by atoms with Crippen molar-refractivity contribution >= 4 is 11.8 Å². The molecule has 0 bridgehead atoms. The van der Waals surface area contributed by atoms with Gasteiger partial charge in [-0.1, -0.05) is 12.1 Å². The summed E-state index contributed by atoms with van der Waals surface area (Å²) in [5, 5.41) is 19.2. The first-order valence-electron chi connectivity index (χ1n) is 4.15. The van der Waals surface area contributed by atoms with Gasteiger partial charge < -0.3 is 10.2 Å². The summed E-state index contributed by atoms with van der Waals surface area (Å²) >= 11 is 0. The zero-order chi connectivity index (χ0) is 12.3. The van der Waals surface area contributed by atoms with Gasteiger partial charge in [0.05, 0.1) is 0 Å². The van der Waals surface area contributed by atoms with Crippen LogP contribution < -0.4 is 5.32 Å². The number of hydrogen-bond donors (Lipinski definition) is 3. The second kappa shape index (κ2) is 4.40. The minimum absolute atomic E-state index is 0.0340. The first kappa shape index (κ1) is 12.3. The molecule has 1 amide bonds. The minimum Gasteiger partial charge on any atom is -0.465 e. The molecule has 16 heavy (non-hydrogen) atoms. The molecule has 1 aromatic rings. The molecule has 1 atom stereocenters. The highest BCUT2D eigenvalue weighted by molar-refractivity contribution is 5.82. The Bertz CT molecular complexity index is 392. The van der Waals surface area contributed by atoms with Crippen molar-refractivity contribution in [2.45, 2.75) is 12.3 Å². The van der Waals surface area contributed by atoms with Crippen LogP contribution in [0.3, 0.4) is 0 Å². The normalized spacial score (nSPS) is 13.2. The van der Waals surface area contributed by atoms with Crippen LogP contribution in [0, 0.1) is 0 Å². The maximum Gasteiger partial charge on any atom is 0.418 e. The van der Waals surface area contributed by atoms with E-state index in [1.807, 2.05) is 5.32 Å². The van der Waals surface area contributed by atoms with Crippen LogP contribution in [0.15, 0.2) is 24.3 Å². The van der Waals surface area contributed by atoms with Gasteiger partial charge in [0.15, 0.2) is 6.10 Å². The lowest BCUT2D eigenvalue weighted by Crippen LogP contribution is -2.20. The molecule has 0 saturated heterocycles. The molecule has 0 aliphatic rings. The van der Waals surface area contributed by atoms with Crippen LogP contribution >= 0.6 is 0 Å². The van der Waals surface area contributed by atoms with Gasteiger partial charge in [-0.3, -0.25) is 5.32 Å². The van der Waals surface area contributed by atoms with Crippen molar-refractivity contribution in [1.29, 1.82) is 0 Å². The lowest BCUT2D eigenvalue weighted by Gasteiger charge is -2.15. The highest BCUT2D eigenvalue weighted by Crippen LogP contribution is 2.33. The molecule has 3 N–H and O–H groups in total. The average molecular weight is 235 g/mol. The number of nitrogens with one attached hydrogen (secondary N) is 1. The fourth-order valence-electron chi connectivity index (χ4n) is 1.10. The van der Waals surface area contributed by atoms with Crippen molar-refractivity contribution in [3.63, 3.8) is 0 Å². The van der Waals surface area contributed by atoms with Crippen LogP contribution in [0.1, 0.15) is 11.7 Å². The summed E-state index contributed by atoms with van der Waals surface area (Å²) in [6.45, 7) is 0. The van der Waals surface area contributed by atoms with Gasteiger partial charge in [0, 0.05) is 5.69 Å². The van der Waals surface area contributed by atoms with Gasteiger partial charge in [0.25, 0.3) is 0 Å². The summed E-state index contributed by atoms with van der Waals surface area (Å²) in [4.78, 5) is 10.3. The first-order chi connectivity index (χ1) is 7.30. The van der Waals surface area contributed by atoms with Crippen LogP contribution in [0.2, 0.25) is 0 Å². The van der Waals surface area contributed by atoms with E-state index in [1.165, 1.54) is 12.1 Å². The molecule has 0 saturated carbocycles. The maximum atomic E-state index is 12.1. The van der Waals surface area contributed by atoms with Crippen LogP contribution in [0.25, 0.3) is 0 Å². The molecular formula is C9H8F3NO3. The SMILES string of the molecule is O=C(O)Nc1cccc(C(O)C(F)(F)F)c1. The van der Waals surface area contributed by atoms with Crippen LogP contribution in [0.4, 0.5) is 23.7 Å².